The number of carbonyl (C=O) groups is 1. The molecule has 0 aliphatic carbocycles. The fourth-order valence-corrected chi connectivity index (χ4v) is 2.58. The Labute approximate surface area is 137 Å². The summed E-state index contributed by atoms with van der Waals surface area (Å²) in [5.74, 6) is -0.279. The van der Waals surface area contributed by atoms with E-state index in [2.05, 4.69) is 33.8 Å². The molecule has 0 amide bonds. The van der Waals surface area contributed by atoms with E-state index in [9.17, 15) is 4.79 Å². The number of allylic oxidation sites excluding steroid dienone is 5. The van der Waals surface area contributed by atoms with Crippen molar-refractivity contribution in [1.29, 1.82) is 0 Å². The molecule has 0 unspecified atom stereocenters. The van der Waals surface area contributed by atoms with Crippen LogP contribution in [0.1, 0.15) is 79.1 Å². The summed E-state index contributed by atoms with van der Waals surface area (Å²) >= 11 is 0. The average molecular weight is 306 g/mol. The van der Waals surface area contributed by atoms with Crippen molar-refractivity contribution in [3.8, 4) is 0 Å². The summed E-state index contributed by atoms with van der Waals surface area (Å²) in [6, 6.07) is 0. The first-order valence-corrected chi connectivity index (χ1v) is 8.81. The van der Waals surface area contributed by atoms with Crippen molar-refractivity contribution >= 4 is 5.97 Å². The van der Waals surface area contributed by atoms with Crippen molar-refractivity contribution in [2.75, 3.05) is 7.11 Å². The van der Waals surface area contributed by atoms with Crippen LogP contribution in [0.2, 0.25) is 0 Å². The lowest BCUT2D eigenvalue weighted by molar-refractivity contribution is -0.134. The van der Waals surface area contributed by atoms with Gasteiger partial charge < -0.3 is 4.74 Å². The largest absolute Gasteiger partial charge is 0.466 e. The van der Waals surface area contributed by atoms with Crippen molar-refractivity contribution < 1.29 is 9.53 Å². The van der Waals surface area contributed by atoms with E-state index in [-0.39, 0.29) is 5.97 Å². The predicted octanol–water partition coefficient (Wildman–Crippen LogP) is 6.14. The number of rotatable bonds is 11. The van der Waals surface area contributed by atoms with Gasteiger partial charge in [0.15, 0.2) is 0 Å². The van der Waals surface area contributed by atoms with Gasteiger partial charge in [0.05, 0.1) is 7.11 Å². The second-order valence-corrected chi connectivity index (χ2v) is 5.63. The molecule has 0 radical (unpaired) electrons. The van der Waals surface area contributed by atoms with Crippen molar-refractivity contribution in [2.45, 2.75) is 79.1 Å². The number of ether oxygens (including phenoxy) is 1. The highest BCUT2D eigenvalue weighted by Gasteiger charge is 2.09. The number of unbranched alkanes of at least 4 members (excludes halogenated alkanes) is 1. The monoisotopic (exact) mass is 306 g/mol. The average Bonchev–Trinajstić information content (AvgIpc) is 2.53. The molecule has 0 aromatic rings. The summed E-state index contributed by atoms with van der Waals surface area (Å²) in [7, 11) is 1.42. The molecule has 0 heterocycles. The van der Waals surface area contributed by atoms with E-state index in [0.29, 0.717) is 0 Å². The van der Waals surface area contributed by atoms with Gasteiger partial charge in [-0.25, -0.2) is 4.79 Å². The van der Waals surface area contributed by atoms with E-state index in [0.717, 1.165) is 44.9 Å². The maximum Gasteiger partial charge on any atom is 0.330 e. The summed E-state index contributed by atoms with van der Waals surface area (Å²) in [6.45, 7) is 8.85. The number of esters is 1. The van der Waals surface area contributed by atoms with Gasteiger partial charge in [-0.15, -0.1) is 0 Å². The normalized spacial score (nSPS) is 13.4. The van der Waals surface area contributed by atoms with Crippen LogP contribution >= 0.6 is 0 Å². The number of hydrogen-bond donors (Lipinski definition) is 0. The highest BCUT2D eigenvalue weighted by atomic mass is 16.5. The molecule has 0 fully saturated rings. The molecule has 0 N–H and O–H groups in total. The lowest BCUT2D eigenvalue weighted by Crippen LogP contribution is -1.99. The molecule has 0 aromatic heterocycles. The van der Waals surface area contributed by atoms with Gasteiger partial charge in [-0.2, -0.15) is 0 Å². The summed E-state index contributed by atoms with van der Waals surface area (Å²) in [6.07, 6.45) is 14.8. The zero-order chi connectivity index (χ0) is 16.8. The summed E-state index contributed by atoms with van der Waals surface area (Å²) in [5.41, 5.74) is 4.22. The summed E-state index contributed by atoms with van der Waals surface area (Å²) in [5, 5.41) is 0. The molecular formula is C20H34O2. The molecule has 22 heavy (non-hydrogen) atoms. The predicted molar refractivity (Wildman–Crippen MR) is 95.9 cm³/mol. The Hall–Kier alpha value is -1.31. The number of carbonyl (C=O) groups excluding carboxylic acids is 1. The summed E-state index contributed by atoms with van der Waals surface area (Å²) < 4.78 is 4.73. The van der Waals surface area contributed by atoms with Gasteiger partial charge in [0.25, 0.3) is 0 Å². The lowest BCUT2D eigenvalue weighted by atomic mass is 9.89. The van der Waals surface area contributed by atoms with Crippen LogP contribution in [-0.2, 0) is 9.53 Å². The SMILES string of the molecule is CCC/C=C(CCC)/C(CCC)=C(\C=C\C(=O)OC)CCC. The molecule has 0 aliphatic rings. The zero-order valence-corrected chi connectivity index (χ0v) is 15.2. The van der Waals surface area contributed by atoms with Crippen molar-refractivity contribution in [2.24, 2.45) is 0 Å². The van der Waals surface area contributed by atoms with Gasteiger partial charge in [-0.05, 0) is 42.4 Å². The molecule has 0 aliphatic heterocycles. The highest BCUT2D eigenvalue weighted by molar-refractivity contribution is 5.82. The second-order valence-electron chi connectivity index (χ2n) is 5.63. The van der Waals surface area contributed by atoms with Crippen molar-refractivity contribution in [1.82, 2.24) is 0 Å². The van der Waals surface area contributed by atoms with E-state index in [1.807, 2.05) is 6.08 Å². The van der Waals surface area contributed by atoms with Crippen LogP contribution in [0, 0.1) is 0 Å². The Morgan fingerprint density at radius 1 is 0.864 bits per heavy atom. The topological polar surface area (TPSA) is 26.3 Å². The van der Waals surface area contributed by atoms with Crippen LogP contribution < -0.4 is 0 Å². The molecule has 0 bridgehead atoms. The maximum absolute atomic E-state index is 11.4. The maximum atomic E-state index is 11.4. The molecular weight excluding hydrogens is 272 g/mol. The van der Waals surface area contributed by atoms with Crippen molar-refractivity contribution in [3.63, 3.8) is 0 Å². The van der Waals surface area contributed by atoms with Gasteiger partial charge in [0, 0.05) is 6.08 Å². The fraction of sp³-hybridized carbons (Fsp3) is 0.650. The minimum absolute atomic E-state index is 0.279. The quantitative estimate of drug-likeness (QED) is 0.260. The van der Waals surface area contributed by atoms with Crippen LogP contribution in [0.15, 0.2) is 34.9 Å². The van der Waals surface area contributed by atoms with Crippen LogP contribution in [0.25, 0.3) is 0 Å². The Balaban J connectivity index is 5.68. The third kappa shape index (κ3) is 8.21. The van der Waals surface area contributed by atoms with Gasteiger partial charge in [0.1, 0.15) is 0 Å². The number of methoxy groups -OCH3 is 1. The first kappa shape index (κ1) is 20.7. The fourth-order valence-electron chi connectivity index (χ4n) is 2.58. The Bertz CT molecular complexity index is 400. The van der Waals surface area contributed by atoms with E-state index >= 15 is 0 Å². The van der Waals surface area contributed by atoms with Crippen LogP contribution in [-0.4, -0.2) is 13.1 Å². The minimum atomic E-state index is -0.279. The molecule has 0 aromatic carbocycles. The lowest BCUT2D eigenvalue weighted by Gasteiger charge is -2.16. The third-order valence-corrected chi connectivity index (χ3v) is 3.62. The first-order valence-electron chi connectivity index (χ1n) is 8.81. The Kier molecular flexibility index (Phi) is 12.6. The molecule has 2 heteroatoms. The standard InChI is InChI=1S/C20H34O2/c1-6-10-14-17(11-7-2)19(13-9-4)18(12-8-3)15-16-20(21)22-5/h14-16H,6-13H2,1-5H3/b16-15+,17-14+,19-18-. The third-order valence-electron chi connectivity index (χ3n) is 3.62. The van der Waals surface area contributed by atoms with E-state index < -0.39 is 0 Å². The Morgan fingerprint density at radius 3 is 2.00 bits per heavy atom. The van der Waals surface area contributed by atoms with Crippen LogP contribution in [0.5, 0.6) is 0 Å². The van der Waals surface area contributed by atoms with E-state index in [1.54, 1.807) is 6.08 Å². The second kappa shape index (κ2) is 13.4. The molecule has 0 atom stereocenters. The van der Waals surface area contributed by atoms with E-state index in [1.165, 1.54) is 30.2 Å². The van der Waals surface area contributed by atoms with E-state index in [4.69, 9.17) is 4.74 Å². The van der Waals surface area contributed by atoms with Gasteiger partial charge in [-0.3, -0.25) is 0 Å². The molecule has 126 valence electrons. The van der Waals surface area contributed by atoms with Gasteiger partial charge in [0.2, 0.25) is 0 Å². The van der Waals surface area contributed by atoms with Crippen molar-refractivity contribution in [3.05, 3.63) is 34.9 Å². The molecule has 0 saturated carbocycles. The highest BCUT2D eigenvalue weighted by Crippen LogP contribution is 2.28. The Morgan fingerprint density at radius 2 is 1.50 bits per heavy atom. The molecule has 2 nitrogen and oxygen atoms in total. The van der Waals surface area contributed by atoms with Crippen LogP contribution in [0.3, 0.4) is 0 Å². The number of hydrogen-bond acceptors (Lipinski definition) is 2. The van der Waals surface area contributed by atoms with Gasteiger partial charge >= 0.3 is 5.97 Å². The smallest absolute Gasteiger partial charge is 0.330 e. The molecule has 0 spiro atoms. The van der Waals surface area contributed by atoms with Gasteiger partial charge in [-0.1, -0.05) is 65.5 Å². The first-order chi connectivity index (χ1) is 10.6. The summed E-state index contributed by atoms with van der Waals surface area (Å²) in [4.78, 5) is 11.4. The molecule has 0 rings (SSSR count). The minimum Gasteiger partial charge on any atom is -0.466 e. The van der Waals surface area contributed by atoms with Crippen LogP contribution in [0.4, 0.5) is 0 Å². The molecule has 0 saturated heterocycles. The zero-order valence-electron chi connectivity index (χ0n) is 15.2.